The van der Waals surface area contributed by atoms with E-state index in [2.05, 4.69) is 56.1 Å². The molecule has 0 bridgehead atoms. The van der Waals surface area contributed by atoms with Gasteiger partial charge in [-0.05, 0) is 147 Å². The standard InChI is InChI=1S/C77H99F5N10O10S4/c1-50(70(78)79)19-20-56-41-75(7,8)33-31-57(56)42-88-35-37-90(38-36-88)59-27-25-55(26-28-59)71(96)87-106(101,102)62-29-30-63(65(40-62)105(99,100)77(80,81)82)85-58(44-103-61-15-11-9-12-16-61)32-34-89-45-76(46-89)47-91(48-76)67(95)18-14-10-13-17-66(94)86-69(74(4,5)6)73(98)92-43-60(93)39-64(92)72(97)84-51(2)53-21-23-54(24-22-53)68-52(3)83-49-104-68/h9,11-12,15-16,21-30,40,49,51,58,60,64,69-70,85,93H,1,10,13-14,17-20,31-39,41-48H2,2-8H3,(H,84,97)(H,86,94)(H,87,96)/t51-,58+,60+,64-,69?/m0/s1. The molecule has 29 heteroatoms. The van der Waals surface area contributed by atoms with Gasteiger partial charge in [-0.3, -0.25) is 28.9 Å². The zero-order chi connectivity index (χ0) is 76.7. The molecule has 4 aliphatic heterocycles. The van der Waals surface area contributed by atoms with E-state index in [1.165, 1.54) is 39.9 Å². The molecule has 5 atom stereocenters. The van der Waals surface area contributed by atoms with Gasteiger partial charge in [0.25, 0.3) is 32.2 Å². The SMILES string of the molecule is C=C(CCC1=C(CN2CCN(c3ccc(C(=O)NS(=O)(=O)c4ccc(N[C@H](CCN5CC6(C5)CN(C(=O)CCCCCC(=O)NC(C(=O)N5C[C@H](O)C[C@H]5C(=O)N[C@@H](C)c5ccc(-c7scnc7C)cc5)C(C)(C)C)C6)CSc5ccccc5)c(S(=O)(=O)C(F)(F)F)c4)cc3)CC2)CCC(C)(C)C1)C(F)F. The van der Waals surface area contributed by atoms with Crippen LogP contribution in [0.4, 0.5) is 33.3 Å². The maximum atomic E-state index is 14.6. The van der Waals surface area contributed by atoms with Crippen molar-refractivity contribution in [1.82, 2.24) is 39.9 Å². The molecule has 5 aliphatic rings. The van der Waals surface area contributed by atoms with Gasteiger partial charge in [-0.1, -0.05) is 101 Å². The molecule has 0 radical (unpaired) electrons. The highest BCUT2D eigenvalue weighted by molar-refractivity contribution is 7.99. The van der Waals surface area contributed by atoms with Crippen molar-refractivity contribution in [2.45, 2.75) is 182 Å². The van der Waals surface area contributed by atoms with Crippen molar-refractivity contribution in [2.24, 2.45) is 16.2 Å². The first kappa shape index (κ1) is 81.2. The number of alkyl halides is 5. The number of nitrogens with zero attached hydrogens (tertiary/aromatic N) is 6. The van der Waals surface area contributed by atoms with Crippen molar-refractivity contribution < 1.29 is 67.9 Å². The summed E-state index contributed by atoms with van der Waals surface area (Å²) in [6.45, 7) is 23.4. The smallest absolute Gasteiger partial charge is 0.391 e. The minimum Gasteiger partial charge on any atom is -0.391 e. The highest BCUT2D eigenvalue weighted by Gasteiger charge is 2.53. The van der Waals surface area contributed by atoms with Crippen molar-refractivity contribution in [2.75, 3.05) is 88.0 Å². The topological polar surface area (TPSA) is 251 Å². The number of likely N-dealkylation sites (tertiary alicyclic amines) is 3. The van der Waals surface area contributed by atoms with Crippen molar-refractivity contribution in [3.05, 3.63) is 143 Å². The second-order valence-electron chi connectivity index (χ2n) is 31.0. The van der Waals surface area contributed by atoms with E-state index in [4.69, 9.17) is 0 Å². The molecular formula is C77H99F5N10O10S4. The van der Waals surface area contributed by atoms with Crippen molar-refractivity contribution >= 4 is 83.9 Å². The first-order chi connectivity index (χ1) is 50.0. The van der Waals surface area contributed by atoms with E-state index >= 15 is 0 Å². The van der Waals surface area contributed by atoms with Crippen LogP contribution >= 0.6 is 23.1 Å². The van der Waals surface area contributed by atoms with Gasteiger partial charge in [-0.2, -0.15) is 13.2 Å². The number of thiazole rings is 1. The fraction of sp³-hybridized carbons (Fsp3) is 0.532. The molecule has 4 aromatic carbocycles. The number of aliphatic hydroxyl groups is 1. The summed E-state index contributed by atoms with van der Waals surface area (Å²) in [6.07, 6.45) is 2.41. The number of rotatable bonds is 31. The first-order valence-corrected chi connectivity index (χ1v) is 41.1. The van der Waals surface area contributed by atoms with Crippen LogP contribution < -0.4 is 25.6 Å². The summed E-state index contributed by atoms with van der Waals surface area (Å²) in [6, 6.07) is 22.6. The molecule has 5 aromatic rings. The molecule has 1 spiro atoms. The van der Waals surface area contributed by atoms with Crippen LogP contribution in [0, 0.1) is 23.2 Å². The Balaban J connectivity index is 0.677. The maximum Gasteiger partial charge on any atom is 0.501 e. The largest absolute Gasteiger partial charge is 0.501 e. The average Bonchev–Trinajstić information content (AvgIpc) is 0.990. The van der Waals surface area contributed by atoms with Gasteiger partial charge in [0.15, 0.2) is 0 Å². The summed E-state index contributed by atoms with van der Waals surface area (Å²) in [4.78, 5) is 82.3. The van der Waals surface area contributed by atoms with Crippen LogP contribution in [0.1, 0.15) is 146 Å². The molecule has 106 heavy (non-hydrogen) atoms. The highest BCUT2D eigenvalue weighted by atomic mass is 32.2. The number of unbranched alkanes of at least 4 members (excludes halogenated alkanes) is 2. The number of halogens is 5. The fourth-order valence-electron chi connectivity index (χ4n) is 14.8. The zero-order valence-corrected chi connectivity index (χ0v) is 64.6. The van der Waals surface area contributed by atoms with Crippen molar-refractivity contribution in [1.29, 1.82) is 0 Å². The summed E-state index contributed by atoms with van der Waals surface area (Å²) in [7, 11) is -11.1. The number of sulfone groups is 1. The number of benzene rings is 4. The number of piperazine rings is 1. The van der Waals surface area contributed by atoms with E-state index in [-0.39, 0.29) is 71.8 Å². The minimum absolute atomic E-state index is 0.0184. The molecule has 576 valence electrons. The van der Waals surface area contributed by atoms with Crippen molar-refractivity contribution in [3.8, 4) is 10.4 Å². The number of thioether (sulfide) groups is 1. The maximum absolute atomic E-state index is 14.6. The molecule has 10 rings (SSSR count). The van der Waals surface area contributed by atoms with Crippen LogP contribution in [0.25, 0.3) is 10.4 Å². The number of allylic oxidation sites excluding steroid dienone is 2. The molecule has 5 amide bonds. The van der Waals surface area contributed by atoms with Gasteiger partial charge >= 0.3 is 5.51 Å². The summed E-state index contributed by atoms with van der Waals surface area (Å²) in [5.74, 6) is -2.06. The van der Waals surface area contributed by atoms with Crippen LogP contribution in [0.2, 0.25) is 0 Å². The number of aliphatic hydroxyl groups excluding tert-OH is 1. The number of hydrogen-bond acceptors (Lipinski definition) is 17. The Morgan fingerprint density at radius 2 is 1.50 bits per heavy atom. The average molecular weight is 1550 g/mol. The molecule has 1 aliphatic carbocycles. The summed E-state index contributed by atoms with van der Waals surface area (Å²) < 4.78 is 127. The van der Waals surface area contributed by atoms with E-state index in [1.54, 1.807) is 33.9 Å². The van der Waals surface area contributed by atoms with Gasteiger partial charge in [0, 0.05) is 125 Å². The Labute approximate surface area is 627 Å². The molecule has 1 unspecified atom stereocenters. The second-order valence-corrected chi connectivity index (χ2v) is 36.6. The van der Waals surface area contributed by atoms with E-state index in [9.17, 15) is 67.9 Å². The number of nitrogens with one attached hydrogen (secondary N) is 4. The summed E-state index contributed by atoms with van der Waals surface area (Å²) in [5.41, 5.74) is 0.647. The zero-order valence-electron chi connectivity index (χ0n) is 61.3. The highest BCUT2D eigenvalue weighted by Crippen LogP contribution is 2.44. The van der Waals surface area contributed by atoms with Gasteiger partial charge in [0.2, 0.25) is 23.6 Å². The quantitative estimate of drug-likeness (QED) is 0.0120. The first-order valence-electron chi connectivity index (χ1n) is 36.3. The Hall–Kier alpha value is -7.28. The summed E-state index contributed by atoms with van der Waals surface area (Å²) in [5, 5.41) is 19.7. The normalized spacial score (nSPS) is 19.5. The lowest BCUT2D eigenvalue weighted by molar-refractivity contribution is -0.159. The molecular weight excluding hydrogens is 1450 g/mol. The Kier molecular flexibility index (Phi) is 26.1. The van der Waals surface area contributed by atoms with Gasteiger partial charge in [-0.15, -0.1) is 23.1 Å². The lowest BCUT2D eigenvalue weighted by atomic mass is 9.72. The van der Waals surface area contributed by atoms with Crippen LogP contribution in [0.15, 0.2) is 141 Å². The third kappa shape index (κ3) is 20.5. The number of aromatic nitrogens is 1. The lowest BCUT2D eigenvalue weighted by Gasteiger charge is -2.60. The predicted octanol–water partition coefficient (Wildman–Crippen LogP) is 12.2. The number of carbonyl (C=O) groups is 5. The third-order valence-electron chi connectivity index (χ3n) is 20.9. The molecule has 20 nitrogen and oxygen atoms in total. The van der Waals surface area contributed by atoms with E-state index < -0.39 is 101 Å². The monoisotopic (exact) mass is 1550 g/mol. The number of carbonyl (C=O) groups excluding carboxylic acids is 5. The molecule has 5 N–H and O–H groups in total. The van der Waals surface area contributed by atoms with Gasteiger partial charge in [-0.25, -0.2) is 35.3 Å². The van der Waals surface area contributed by atoms with Crippen LogP contribution in [0.3, 0.4) is 0 Å². The van der Waals surface area contributed by atoms with E-state index in [1.807, 2.05) is 93.9 Å². The van der Waals surface area contributed by atoms with Crippen LogP contribution in [-0.4, -0.2) is 190 Å². The molecule has 0 saturated carbocycles. The number of sulfonamides is 1. The predicted molar refractivity (Wildman–Crippen MR) is 403 cm³/mol. The third-order valence-corrected chi connectivity index (χ3v) is 26.0. The Bertz CT molecular complexity index is 4230. The van der Waals surface area contributed by atoms with Crippen molar-refractivity contribution in [3.63, 3.8) is 0 Å². The summed E-state index contributed by atoms with van der Waals surface area (Å²) >= 11 is 2.94. The number of hydrogen-bond donors (Lipinski definition) is 5. The lowest BCUT2D eigenvalue weighted by Crippen LogP contribution is -2.72. The van der Waals surface area contributed by atoms with E-state index in [0.29, 0.717) is 97.1 Å². The molecule has 4 saturated heterocycles. The minimum atomic E-state index is -6.19. The molecule has 5 heterocycles. The fourth-order valence-corrected chi connectivity index (χ4v) is 18.6. The Morgan fingerprint density at radius 3 is 2.14 bits per heavy atom. The number of anilines is 2. The van der Waals surface area contributed by atoms with Gasteiger partial charge in [0.05, 0.1) is 38.8 Å². The Morgan fingerprint density at radius 1 is 0.821 bits per heavy atom. The van der Waals surface area contributed by atoms with Crippen LogP contribution in [-0.2, 0) is 39.0 Å². The number of β-amino-alcohol motifs (C(OH)–C–C–N with tert-alkyl or cyclic N) is 1. The number of aryl methyl sites for hydroxylation is 1. The molecule has 4 fully saturated rings. The van der Waals surface area contributed by atoms with E-state index in [0.717, 1.165) is 70.2 Å². The second kappa shape index (κ2) is 34.1. The van der Waals surface area contributed by atoms with Gasteiger partial charge < -0.3 is 40.7 Å². The van der Waals surface area contributed by atoms with Crippen LogP contribution in [0.5, 0.6) is 0 Å². The molecule has 1 aromatic heterocycles. The van der Waals surface area contributed by atoms with Gasteiger partial charge in [0.1, 0.15) is 17.0 Å². The number of amides is 5.